The van der Waals surface area contributed by atoms with E-state index in [2.05, 4.69) is 5.43 Å². The zero-order chi connectivity index (χ0) is 13.1. The van der Waals surface area contributed by atoms with Gasteiger partial charge in [0.05, 0.1) is 5.41 Å². The Morgan fingerprint density at radius 2 is 2.12 bits per heavy atom. The number of rotatable bonds is 4. The van der Waals surface area contributed by atoms with Crippen LogP contribution < -0.4 is 11.3 Å². The fourth-order valence-corrected chi connectivity index (χ4v) is 2.12. The van der Waals surface area contributed by atoms with Crippen molar-refractivity contribution in [1.82, 2.24) is 5.43 Å². The fraction of sp³-hybridized carbons (Fsp3) is 0.364. The molecule has 0 bridgehead atoms. The normalized spacial score (nSPS) is 11.4. The highest BCUT2D eigenvalue weighted by Gasteiger charge is 2.27. The van der Waals surface area contributed by atoms with Gasteiger partial charge in [-0.1, -0.05) is 13.8 Å². The van der Waals surface area contributed by atoms with E-state index in [1.54, 1.807) is 13.8 Å². The summed E-state index contributed by atoms with van der Waals surface area (Å²) >= 11 is 1.15. The summed E-state index contributed by atoms with van der Waals surface area (Å²) in [5.41, 5.74) is 1.34. The molecule has 0 heterocycles. The molecule has 6 heteroatoms. The van der Waals surface area contributed by atoms with Gasteiger partial charge >= 0.3 is 0 Å². The highest BCUT2D eigenvalue weighted by molar-refractivity contribution is 7.99. The van der Waals surface area contributed by atoms with Crippen LogP contribution >= 0.6 is 11.8 Å². The second-order valence-electron chi connectivity index (χ2n) is 4.22. The Balaban J connectivity index is 2.70. The molecule has 0 saturated carbocycles. The number of nitrogens with two attached hydrogens (primary N) is 1. The van der Waals surface area contributed by atoms with E-state index in [9.17, 15) is 13.6 Å². The average molecular weight is 260 g/mol. The Labute approximate surface area is 103 Å². The summed E-state index contributed by atoms with van der Waals surface area (Å²) in [7, 11) is 0. The van der Waals surface area contributed by atoms with Crippen molar-refractivity contribution in [2.45, 2.75) is 18.7 Å². The topological polar surface area (TPSA) is 55.1 Å². The van der Waals surface area contributed by atoms with Gasteiger partial charge in [0.2, 0.25) is 5.91 Å². The number of hydrogen-bond acceptors (Lipinski definition) is 3. The maximum Gasteiger partial charge on any atom is 0.240 e. The molecular formula is C11H14F2N2OS. The van der Waals surface area contributed by atoms with Crippen molar-refractivity contribution in [3.63, 3.8) is 0 Å². The third kappa shape index (κ3) is 3.67. The molecule has 1 rings (SSSR count). The van der Waals surface area contributed by atoms with Gasteiger partial charge in [0.25, 0.3) is 0 Å². The van der Waals surface area contributed by atoms with Crippen molar-refractivity contribution >= 4 is 17.7 Å². The van der Waals surface area contributed by atoms with Gasteiger partial charge in [-0.25, -0.2) is 14.6 Å². The Morgan fingerprint density at radius 3 is 2.65 bits per heavy atom. The van der Waals surface area contributed by atoms with Crippen molar-refractivity contribution in [1.29, 1.82) is 0 Å². The molecule has 0 aliphatic heterocycles. The summed E-state index contributed by atoms with van der Waals surface area (Å²) < 4.78 is 26.0. The van der Waals surface area contributed by atoms with Crippen LogP contribution in [0.1, 0.15) is 13.8 Å². The third-order valence-electron chi connectivity index (χ3n) is 2.23. The molecule has 0 fully saturated rings. The number of carbonyl (C=O) groups excluding carboxylic acids is 1. The van der Waals surface area contributed by atoms with Crippen LogP contribution in [0.15, 0.2) is 23.1 Å². The lowest BCUT2D eigenvalue weighted by molar-refractivity contribution is -0.128. The van der Waals surface area contributed by atoms with Gasteiger partial charge < -0.3 is 0 Å². The predicted molar refractivity (Wildman–Crippen MR) is 63.2 cm³/mol. The zero-order valence-electron chi connectivity index (χ0n) is 9.59. The molecule has 0 unspecified atom stereocenters. The lowest BCUT2D eigenvalue weighted by Crippen LogP contribution is -2.42. The molecule has 0 saturated heterocycles. The SMILES string of the molecule is CC(C)(CSc1ccc(F)cc1F)C(=O)NN. The third-order valence-corrected chi connectivity index (χ3v) is 3.74. The molecule has 0 aliphatic rings. The van der Waals surface area contributed by atoms with Crippen LogP contribution in [0.4, 0.5) is 8.78 Å². The molecule has 0 radical (unpaired) electrons. The molecule has 3 N–H and O–H groups in total. The van der Waals surface area contributed by atoms with Gasteiger partial charge in [0, 0.05) is 16.7 Å². The molecule has 0 aliphatic carbocycles. The van der Waals surface area contributed by atoms with E-state index in [1.807, 2.05) is 0 Å². The van der Waals surface area contributed by atoms with E-state index in [1.165, 1.54) is 12.1 Å². The van der Waals surface area contributed by atoms with Gasteiger partial charge in [-0.3, -0.25) is 10.2 Å². The Bertz CT molecular complexity index is 424. The summed E-state index contributed by atoms with van der Waals surface area (Å²) in [4.78, 5) is 11.7. The number of amides is 1. The summed E-state index contributed by atoms with van der Waals surface area (Å²) in [6.07, 6.45) is 0. The number of nitrogens with one attached hydrogen (secondary N) is 1. The summed E-state index contributed by atoms with van der Waals surface area (Å²) in [6.45, 7) is 3.40. The molecule has 17 heavy (non-hydrogen) atoms. The number of benzene rings is 1. The molecular weight excluding hydrogens is 246 g/mol. The fourth-order valence-electron chi connectivity index (χ4n) is 1.11. The summed E-state index contributed by atoms with van der Waals surface area (Å²) in [5, 5.41) is 0. The molecule has 0 spiro atoms. The molecule has 1 aromatic rings. The molecule has 1 aromatic carbocycles. The van der Waals surface area contributed by atoms with E-state index in [-0.39, 0.29) is 5.91 Å². The minimum atomic E-state index is -0.722. The first-order valence-electron chi connectivity index (χ1n) is 4.96. The van der Waals surface area contributed by atoms with Crippen LogP contribution in [0.5, 0.6) is 0 Å². The Hall–Kier alpha value is -1.14. The monoisotopic (exact) mass is 260 g/mol. The molecule has 94 valence electrons. The van der Waals surface area contributed by atoms with E-state index >= 15 is 0 Å². The molecule has 0 aromatic heterocycles. The highest BCUT2D eigenvalue weighted by Crippen LogP contribution is 2.29. The van der Waals surface area contributed by atoms with Crippen molar-refractivity contribution in [3.05, 3.63) is 29.8 Å². The van der Waals surface area contributed by atoms with Gasteiger partial charge in [-0.05, 0) is 12.1 Å². The first-order chi connectivity index (χ1) is 7.86. The Morgan fingerprint density at radius 1 is 1.47 bits per heavy atom. The van der Waals surface area contributed by atoms with Gasteiger partial charge in [-0.2, -0.15) is 0 Å². The highest BCUT2D eigenvalue weighted by atomic mass is 32.2. The first-order valence-corrected chi connectivity index (χ1v) is 5.94. The van der Waals surface area contributed by atoms with E-state index in [0.717, 1.165) is 17.8 Å². The smallest absolute Gasteiger partial charge is 0.240 e. The number of hydrazine groups is 1. The molecule has 1 amide bonds. The maximum absolute atomic E-state index is 13.3. The number of carbonyl (C=O) groups is 1. The predicted octanol–water partition coefficient (Wildman–Crippen LogP) is 2.07. The van der Waals surface area contributed by atoms with Crippen molar-refractivity contribution < 1.29 is 13.6 Å². The average Bonchev–Trinajstić information content (AvgIpc) is 2.26. The van der Waals surface area contributed by atoms with Crippen molar-refractivity contribution in [3.8, 4) is 0 Å². The summed E-state index contributed by atoms with van der Waals surface area (Å²) in [5.74, 6) is 3.82. The van der Waals surface area contributed by atoms with Gasteiger partial charge in [0.15, 0.2) is 0 Å². The van der Waals surface area contributed by atoms with Crippen LogP contribution in [-0.2, 0) is 4.79 Å². The largest absolute Gasteiger partial charge is 0.294 e. The first kappa shape index (κ1) is 13.9. The van der Waals surface area contributed by atoms with E-state index < -0.39 is 17.0 Å². The standard InChI is InChI=1S/C11H14F2N2OS/c1-11(2,10(16)15-14)6-17-9-4-3-7(12)5-8(9)13/h3-5H,6,14H2,1-2H3,(H,15,16). The van der Waals surface area contributed by atoms with Gasteiger partial charge in [-0.15, -0.1) is 11.8 Å². The van der Waals surface area contributed by atoms with E-state index in [0.29, 0.717) is 10.6 Å². The number of thioether (sulfide) groups is 1. The molecule has 0 atom stereocenters. The van der Waals surface area contributed by atoms with Crippen LogP contribution in [-0.4, -0.2) is 11.7 Å². The van der Waals surface area contributed by atoms with Crippen LogP contribution in [0.2, 0.25) is 0 Å². The number of halogens is 2. The van der Waals surface area contributed by atoms with Crippen LogP contribution in [0, 0.1) is 17.0 Å². The second kappa shape index (κ2) is 5.46. The lowest BCUT2D eigenvalue weighted by atomic mass is 9.96. The quantitative estimate of drug-likeness (QED) is 0.377. The summed E-state index contributed by atoms with van der Waals surface area (Å²) in [6, 6.07) is 3.35. The zero-order valence-corrected chi connectivity index (χ0v) is 10.4. The minimum Gasteiger partial charge on any atom is -0.294 e. The lowest BCUT2D eigenvalue weighted by Gasteiger charge is -2.21. The second-order valence-corrected chi connectivity index (χ2v) is 5.24. The van der Waals surface area contributed by atoms with Crippen LogP contribution in [0.25, 0.3) is 0 Å². The van der Waals surface area contributed by atoms with Crippen LogP contribution in [0.3, 0.4) is 0 Å². The number of hydrogen-bond donors (Lipinski definition) is 2. The van der Waals surface area contributed by atoms with Gasteiger partial charge in [0.1, 0.15) is 11.6 Å². The maximum atomic E-state index is 13.3. The van der Waals surface area contributed by atoms with Crippen molar-refractivity contribution in [2.75, 3.05) is 5.75 Å². The molecule has 3 nitrogen and oxygen atoms in total. The minimum absolute atomic E-state index is 0.310. The van der Waals surface area contributed by atoms with E-state index in [4.69, 9.17) is 5.84 Å². The Kier molecular flexibility index (Phi) is 4.47. The van der Waals surface area contributed by atoms with Crippen molar-refractivity contribution in [2.24, 2.45) is 11.3 Å².